The number of benzene rings is 2. The van der Waals surface area contributed by atoms with Gasteiger partial charge < -0.3 is 10.4 Å². The predicted octanol–water partition coefficient (Wildman–Crippen LogP) is 4.54. The Labute approximate surface area is 232 Å². The lowest BCUT2D eigenvalue weighted by atomic mass is 10.1. The Morgan fingerprint density at radius 2 is 1.68 bits per heavy atom. The third-order valence-corrected chi connectivity index (χ3v) is 7.11. The number of nitrogens with zero attached hydrogens (tertiary/aromatic N) is 4. The number of nitrogens with one attached hydrogen (secondary N) is 2. The molecule has 0 aliphatic heterocycles. The molecule has 1 aliphatic carbocycles. The summed E-state index contributed by atoms with van der Waals surface area (Å²) in [4.78, 5) is 22.7. The Morgan fingerprint density at radius 1 is 1.07 bits per heavy atom. The maximum Gasteiger partial charge on any atom is 0.490 e. The molecular weight excluding hydrogens is 552 g/mol. The lowest BCUT2D eigenvalue weighted by Gasteiger charge is -2.26. The van der Waals surface area contributed by atoms with Gasteiger partial charge in [0.25, 0.3) is 0 Å². The first-order chi connectivity index (χ1) is 18.8. The molecule has 2 atom stereocenters. The highest BCUT2D eigenvalue weighted by atomic mass is 32.2. The summed E-state index contributed by atoms with van der Waals surface area (Å²) in [5.74, 6) is -1.76. The van der Waals surface area contributed by atoms with Crippen LogP contribution in [-0.2, 0) is 9.59 Å². The van der Waals surface area contributed by atoms with E-state index in [0.29, 0.717) is 11.6 Å². The normalized spacial score (nSPS) is 15.5. The average Bonchev–Trinajstić information content (AvgIpc) is 3.53. The molecule has 14 heteroatoms. The zero-order valence-electron chi connectivity index (χ0n) is 22.0. The van der Waals surface area contributed by atoms with Gasteiger partial charge in [-0.1, -0.05) is 30.3 Å². The van der Waals surface area contributed by atoms with Crippen LogP contribution in [0.4, 0.5) is 17.6 Å². The van der Waals surface area contributed by atoms with Gasteiger partial charge in [0.1, 0.15) is 5.82 Å². The van der Waals surface area contributed by atoms with Crippen LogP contribution in [0.15, 0.2) is 59.5 Å². The van der Waals surface area contributed by atoms with E-state index >= 15 is 0 Å². The van der Waals surface area contributed by atoms with E-state index in [1.54, 1.807) is 23.9 Å². The van der Waals surface area contributed by atoms with Gasteiger partial charge in [-0.15, -0.1) is 16.9 Å². The van der Waals surface area contributed by atoms with Crippen molar-refractivity contribution in [1.29, 1.82) is 0 Å². The van der Waals surface area contributed by atoms with Crippen molar-refractivity contribution in [3.8, 4) is 0 Å². The second-order valence-corrected chi connectivity index (χ2v) is 10.6. The van der Waals surface area contributed by atoms with Gasteiger partial charge in [0.2, 0.25) is 5.91 Å². The van der Waals surface area contributed by atoms with E-state index in [1.807, 2.05) is 48.9 Å². The maximum absolute atomic E-state index is 13.3. The van der Waals surface area contributed by atoms with Crippen LogP contribution in [-0.4, -0.2) is 60.7 Å². The summed E-state index contributed by atoms with van der Waals surface area (Å²) in [5.41, 5.74) is 0.472. The van der Waals surface area contributed by atoms with Gasteiger partial charge in [0, 0.05) is 16.7 Å². The Balaban J connectivity index is 0.000000559. The van der Waals surface area contributed by atoms with E-state index in [1.165, 1.54) is 12.1 Å². The van der Waals surface area contributed by atoms with Gasteiger partial charge in [0.05, 0.1) is 17.6 Å². The fourth-order valence-corrected chi connectivity index (χ4v) is 4.69. The first-order valence-corrected chi connectivity index (χ1v) is 13.4. The number of carboxylic acid groups (broad SMARTS) is 1. The number of hydrogen-bond acceptors (Lipinski definition) is 7. The third kappa shape index (κ3) is 8.49. The molecule has 40 heavy (non-hydrogen) atoms. The van der Waals surface area contributed by atoms with Crippen LogP contribution in [0.3, 0.4) is 0 Å². The Hall–Kier alpha value is -3.52. The van der Waals surface area contributed by atoms with Crippen LogP contribution in [0.25, 0.3) is 0 Å². The smallest absolute Gasteiger partial charge is 0.475 e. The molecule has 1 fully saturated rings. The summed E-state index contributed by atoms with van der Waals surface area (Å²) in [5, 5.41) is 26.3. The Bertz CT molecular complexity index is 1270. The van der Waals surface area contributed by atoms with Crippen LogP contribution >= 0.6 is 11.8 Å². The number of rotatable bonds is 10. The lowest BCUT2D eigenvalue weighted by molar-refractivity contribution is -0.192. The largest absolute Gasteiger partial charge is 0.490 e. The highest BCUT2D eigenvalue weighted by Crippen LogP contribution is 2.39. The first-order valence-electron chi connectivity index (χ1n) is 12.4. The molecule has 3 aromatic rings. The summed E-state index contributed by atoms with van der Waals surface area (Å²) in [6.45, 7) is 5.97. The van der Waals surface area contributed by atoms with Crippen LogP contribution in [0.2, 0.25) is 0 Å². The number of amides is 1. The molecule has 0 bridgehead atoms. The summed E-state index contributed by atoms with van der Waals surface area (Å²) in [6.07, 6.45) is -3.56. The minimum atomic E-state index is -5.08. The summed E-state index contributed by atoms with van der Waals surface area (Å²) in [7, 11) is 0. The SMILES string of the molecule is CC(C)NC(=O)C1(NC(CSc2ccc(F)cc2)c2nnnn2C(C)c2ccccc2)CC1.O=C(O)C(F)(F)F. The highest BCUT2D eigenvalue weighted by Gasteiger charge is 2.51. The van der Waals surface area contributed by atoms with Gasteiger partial charge in [0.15, 0.2) is 5.82 Å². The van der Waals surface area contributed by atoms with Crippen LogP contribution in [0.5, 0.6) is 0 Å². The molecule has 1 heterocycles. The monoisotopic (exact) mass is 582 g/mol. The first kappa shape index (κ1) is 31.0. The molecule has 0 spiro atoms. The molecule has 1 saturated carbocycles. The molecule has 2 aromatic carbocycles. The zero-order chi connectivity index (χ0) is 29.5. The average molecular weight is 583 g/mol. The number of carbonyl (C=O) groups excluding carboxylic acids is 1. The fraction of sp³-hybridized carbons (Fsp3) is 0.423. The van der Waals surface area contributed by atoms with Crippen molar-refractivity contribution in [2.24, 2.45) is 0 Å². The molecule has 1 aromatic heterocycles. The van der Waals surface area contributed by atoms with Crippen LogP contribution in [0, 0.1) is 5.82 Å². The van der Waals surface area contributed by atoms with Crippen LogP contribution < -0.4 is 10.6 Å². The van der Waals surface area contributed by atoms with Gasteiger partial charge in [-0.05, 0) is 73.9 Å². The van der Waals surface area contributed by atoms with Crippen LogP contribution in [0.1, 0.15) is 57.1 Å². The van der Waals surface area contributed by atoms with Crippen molar-refractivity contribution in [3.05, 3.63) is 71.8 Å². The van der Waals surface area contributed by atoms with Gasteiger partial charge in [-0.2, -0.15) is 13.2 Å². The van der Waals surface area contributed by atoms with Crippen molar-refractivity contribution >= 4 is 23.6 Å². The number of aliphatic carboxylic acids is 1. The minimum absolute atomic E-state index is 0.00409. The molecular formula is C26H30F4N6O3S. The summed E-state index contributed by atoms with van der Waals surface area (Å²) < 4.78 is 46.9. The number of aromatic nitrogens is 4. The van der Waals surface area contributed by atoms with E-state index in [0.717, 1.165) is 23.3 Å². The molecule has 1 aliphatic rings. The van der Waals surface area contributed by atoms with Crippen molar-refractivity contribution in [2.45, 2.75) is 68.3 Å². The zero-order valence-corrected chi connectivity index (χ0v) is 22.8. The van der Waals surface area contributed by atoms with Crippen molar-refractivity contribution in [3.63, 3.8) is 0 Å². The number of carbonyl (C=O) groups is 2. The van der Waals surface area contributed by atoms with Gasteiger partial charge in [-0.25, -0.2) is 13.9 Å². The maximum atomic E-state index is 13.3. The fourth-order valence-electron chi connectivity index (χ4n) is 3.77. The number of tetrazole rings is 1. The second-order valence-electron chi connectivity index (χ2n) is 9.54. The summed E-state index contributed by atoms with van der Waals surface area (Å²) >= 11 is 1.58. The van der Waals surface area contributed by atoms with E-state index in [4.69, 9.17) is 9.90 Å². The molecule has 9 nitrogen and oxygen atoms in total. The third-order valence-electron chi connectivity index (χ3n) is 6.01. The molecule has 4 rings (SSSR count). The van der Waals surface area contributed by atoms with Gasteiger partial charge >= 0.3 is 12.1 Å². The minimum Gasteiger partial charge on any atom is -0.475 e. The lowest BCUT2D eigenvalue weighted by Crippen LogP contribution is -2.50. The highest BCUT2D eigenvalue weighted by molar-refractivity contribution is 7.99. The number of halogens is 4. The number of carboxylic acids is 1. The van der Waals surface area contributed by atoms with E-state index in [9.17, 15) is 22.4 Å². The topological polar surface area (TPSA) is 122 Å². The second kappa shape index (κ2) is 13.2. The molecule has 1 amide bonds. The van der Waals surface area contributed by atoms with Crippen molar-refractivity contribution in [1.82, 2.24) is 30.8 Å². The standard InChI is InChI=1S/C24H29FN6OS.C2HF3O2/c1-16(2)26-23(32)24(13-14-24)27-21(15-33-20-11-9-19(25)10-12-20)22-28-29-30-31(22)17(3)18-7-5-4-6-8-18;3-2(4,5)1(6)7/h4-12,16-17,21,27H,13-15H2,1-3H3,(H,26,32);(H,6,7). The number of hydrogen-bond donors (Lipinski definition) is 3. The van der Waals surface area contributed by atoms with Crippen molar-refractivity contribution in [2.75, 3.05) is 5.75 Å². The molecule has 0 radical (unpaired) electrons. The molecule has 3 N–H and O–H groups in total. The predicted molar refractivity (Wildman–Crippen MR) is 140 cm³/mol. The number of alkyl halides is 3. The Kier molecular flexibility index (Phi) is 10.3. The quantitative estimate of drug-likeness (QED) is 0.235. The summed E-state index contributed by atoms with van der Waals surface area (Å²) in [6, 6.07) is 16.2. The number of thioether (sulfide) groups is 1. The van der Waals surface area contributed by atoms with E-state index in [2.05, 4.69) is 33.1 Å². The molecule has 216 valence electrons. The molecule has 2 unspecified atom stereocenters. The molecule has 0 saturated heterocycles. The van der Waals surface area contributed by atoms with E-state index in [-0.39, 0.29) is 29.8 Å². The van der Waals surface area contributed by atoms with Crippen molar-refractivity contribution < 1.29 is 32.3 Å². The van der Waals surface area contributed by atoms with E-state index < -0.39 is 17.7 Å². The van der Waals surface area contributed by atoms with Gasteiger partial charge in [-0.3, -0.25) is 10.1 Å². The Morgan fingerprint density at radius 3 is 2.20 bits per heavy atom.